The molecular formula is C13H23N3O5S. The molecule has 2 aliphatic heterocycles. The number of carbonyl (C=O) groups excluding carboxylic acids is 2. The number of nitrogens with zero attached hydrogens (tertiary/aromatic N) is 2. The Balaban J connectivity index is 1.70. The maximum atomic E-state index is 12.1. The van der Waals surface area contributed by atoms with Crippen LogP contribution < -0.4 is 5.32 Å². The summed E-state index contributed by atoms with van der Waals surface area (Å²) < 4.78 is 27.6. The van der Waals surface area contributed by atoms with Gasteiger partial charge < -0.3 is 19.9 Å². The second-order valence-electron chi connectivity index (χ2n) is 5.55. The quantitative estimate of drug-likeness (QED) is 0.714. The minimum Gasteiger partial charge on any atom is -0.450 e. The molecule has 9 heteroatoms. The van der Waals surface area contributed by atoms with Gasteiger partial charge >= 0.3 is 6.09 Å². The third-order valence-electron chi connectivity index (χ3n) is 3.93. The molecule has 2 heterocycles. The molecule has 8 nitrogen and oxygen atoms in total. The van der Waals surface area contributed by atoms with Crippen molar-refractivity contribution in [3.8, 4) is 0 Å². The monoisotopic (exact) mass is 333 g/mol. The highest BCUT2D eigenvalue weighted by atomic mass is 32.2. The lowest BCUT2D eigenvalue weighted by Gasteiger charge is -2.34. The van der Waals surface area contributed by atoms with Gasteiger partial charge in [-0.2, -0.15) is 0 Å². The zero-order valence-corrected chi connectivity index (χ0v) is 13.6. The van der Waals surface area contributed by atoms with Crippen molar-refractivity contribution in [1.82, 2.24) is 15.1 Å². The lowest BCUT2D eigenvalue weighted by molar-refractivity contribution is -0.131. The van der Waals surface area contributed by atoms with E-state index in [1.807, 2.05) is 0 Å². The van der Waals surface area contributed by atoms with Gasteiger partial charge in [0, 0.05) is 32.2 Å². The predicted octanol–water partition coefficient (Wildman–Crippen LogP) is -0.936. The van der Waals surface area contributed by atoms with Crippen molar-refractivity contribution in [3.05, 3.63) is 0 Å². The van der Waals surface area contributed by atoms with E-state index in [9.17, 15) is 18.0 Å². The molecule has 0 spiro atoms. The van der Waals surface area contributed by atoms with Crippen LogP contribution in [0.1, 0.15) is 13.3 Å². The molecule has 2 fully saturated rings. The third-order valence-corrected chi connectivity index (χ3v) is 5.70. The van der Waals surface area contributed by atoms with Crippen molar-refractivity contribution in [3.63, 3.8) is 0 Å². The molecule has 0 aromatic rings. The Morgan fingerprint density at radius 1 is 1.18 bits per heavy atom. The van der Waals surface area contributed by atoms with Crippen LogP contribution in [0.5, 0.6) is 0 Å². The van der Waals surface area contributed by atoms with Gasteiger partial charge in [-0.05, 0) is 13.3 Å². The van der Waals surface area contributed by atoms with Crippen LogP contribution in [-0.2, 0) is 19.4 Å². The Kier molecular flexibility index (Phi) is 5.63. The summed E-state index contributed by atoms with van der Waals surface area (Å²) in [6.45, 7) is 4.10. The molecule has 0 aromatic carbocycles. The summed E-state index contributed by atoms with van der Waals surface area (Å²) in [5.41, 5.74) is 0. The number of amides is 2. The molecule has 22 heavy (non-hydrogen) atoms. The number of ether oxygens (including phenoxy) is 1. The van der Waals surface area contributed by atoms with Crippen molar-refractivity contribution in [2.24, 2.45) is 0 Å². The minimum absolute atomic E-state index is 0.0622. The van der Waals surface area contributed by atoms with E-state index in [1.165, 1.54) is 0 Å². The van der Waals surface area contributed by atoms with Crippen LogP contribution in [0.2, 0.25) is 0 Å². The molecule has 2 amide bonds. The van der Waals surface area contributed by atoms with Gasteiger partial charge in [-0.25, -0.2) is 13.2 Å². The lowest BCUT2D eigenvalue weighted by Crippen LogP contribution is -2.53. The SMILES string of the molecule is CCOC(=O)N1CCN(C(=O)CNC2CCS(=O)(=O)C2)CC1. The molecule has 1 unspecified atom stereocenters. The Hall–Kier alpha value is -1.35. The Labute approximate surface area is 130 Å². The molecule has 0 radical (unpaired) electrons. The maximum Gasteiger partial charge on any atom is 0.409 e. The third kappa shape index (κ3) is 4.57. The Morgan fingerprint density at radius 3 is 2.36 bits per heavy atom. The van der Waals surface area contributed by atoms with Crippen LogP contribution in [0, 0.1) is 0 Å². The topological polar surface area (TPSA) is 96.0 Å². The van der Waals surface area contributed by atoms with Crippen LogP contribution in [0.15, 0.2) is 0 Å². The summed E-state index contributed by atoms with van der Waals surface area (Å²) >= 11 is 0. The van der Waals surface area contributed by atoms with E-state index in [-0.39, 0.29) is 36.1 Å². The van der Waals surface area contributed by atoms with Crippen molar-refractivity contribution in [1.29, 1.82) is 0 Å². The fourth-order valence-corrected chi connectivity index (χ4v) is 4.36. The van der Waals surface area contributed by atoms with E-state index in [1.54, 1.807) is 16.7 Å². The molecule has 0 saturated carbocycles. The molecular weight excluding hydrogens is 310 g/mol. The highest BCUT2D eigenvalue weighted by Crippen LogP contribution is 2.11. The first-order valence-electron chi connectivity index (χ1n) is 7.54. The summed E-state index contributed by atoms with van der Waals surface area (Å²) in [6, 6.07) is -0.130. The smallest absolute Gasteiger partial charge is 0.409 e. The fraction of sp³-hybridized carbons (Fsp3) is 0.846. The Morgan fingerprint density at radius 2 is 1.82 bits per heavy atom. The van der Waals surface area contributed by atoms with Gasteiger partial charge in [0.2, 0.25) is 5.91 Å². The number of nitrogens with one attached hydrogen (secondary N) is 1. The van der Waals surface area contributed by atoms with Gasteiger partial charge in [0.25, 0.3) is 0 Å². The first-order chi connectivity index (χ1) is 10.4. The zero-order valence-electron chi connectivity index (χ0n) is 12.8. The Bertz CT molecular complexity index is 514. The average molecular weight is 333 g/mol. The first kappa shape index (κ1) is 17.0. The molecule has 0 bridgehead atoms. The molecule has 2 saturated heterocycles. The maximum absolute atomic E-state index is 12.1. The van der Waals surface area contributed by atoms with E-state index in [0.29, 0.717) is 39.2 Å². The van der Waals surface area contributed by atoms with Crippen molar-refractivity contribution in [2.75, 3.05) is 50.8 Å². The number of hydrogen-bond acceptors (Lipinski definition) is 6. The van der Waals surface area contributed by atoms with Crippen molar-refractivity contribution >= 4 is 21.8 Å². The molecule has 0 aromatic heterocycles. The first-order valence-corrected chi connectivity index (χ1v) is 9.36. The van der Waals surface area contributed by atoms with Crippen LogP contribution >= 0.6 is 0 Å². The second kappa shape index (κ2) is 7.28. The van der Waals surface area contributed by atoms with Gasteiger partial charge in [0.05, 0.1) is 24.7 Å². The van der Waals surface area contributed by atoms with Crippen LogP contribution in [-0.4, -0.2) is 87.1 Å². The summed E-state index contributed by atoms with van der Waals surface area (Å²) in [7, 11) is -2.94. The van der Waals surface area contributed by atoms with Gasteiger partial charge in [-0.15, -0.1) is 0 Å². The highest BCUT2D eigenvalue weighted by molar-refractivity contribution is 7.91. The van der Waals surface area contributed by atoms with E-state index >= 15 is 0 Å². The molecule has 1 N–H and O–H groups in total. The summed E-state index contributed by atoms with van der Waals surface area (Å²) in [5, 5.41) is 3.01. The minimum atomic E-state index is -2.94. The largest absolute Gasteiger partial charge is 0.450 e. The molecule has 1 atom stereocenters. The summed E-state index contributed by atoms with van der Waals surface area (Å²) in [4.78, 5) is 26.9. The molecule has 0 aliphatic carbocycles. The molecule has 126 valence electrons. The van der Waals surface area contributed by atoms with Gasteiger partial charge in [-0.1, -0.05) is 0 Å². The number of rotatable bonds is 4. The van der Waals surface area contributed by atoms with Crippen molar-refractivity contribution < 1.29 is 22.7 Å². The van der Waals surface area contributed by atoms with Crippen molar-refractivity contribution in [2.45, 2.75) is 19.4 Å². The molecule has 2 aliphatic rings. The lowest BCUT2D eigenvalue weighted by atomic mass is 10.2. The van der Waals surface area contributed by atoms with Gasteiger partial charge in [0.15, 0.2) is 9.84 Å². The number of sulfone groups is 1. The predicted molar refractivity (Wildman–Crippen MR) is 80.2 cm³/mol. The van der Waals surface area contributed by atoms with Crippen LogP contribution in [0.25, 0.3) is 0 Å². The van der Waals surface area contributed by atoms with E-state index in [4.69, 9.17) is 4.74 Å². The summed E-state index contributed by atoms with van der Waals surface area (Å²) in [5.74, 6) is 0.237. The standard InChI is InChI=1S/C13H23N3O5S/c1-2-21-13(18)16-6-4-15(5-7-16)12(17)9-14-11-3-8-22(19,20)10-11/h11,14H,2-10H2,1H3. The molecule has 2 rings (SSSR count). The number of carbonyl (C=O) groups is 2. The summed E-state index contributed by atoms with van der Waals surface area (Å²) in [6.07, 6.45) is 0.218. The normalized spacial score (nSPS) is 24.3. The van der Waals surface area contributed by atoms with Crippen LogP contribution in [0.3, 0.4) is 0 Å². The van der Waals surface area contributed by atoms with Gasteiger partial charge in [0.1, 0.15) is 0 Å². The zero-order chi connectivity index (χ0) is 16.2. The van der Waals surface area contributed by atoms with E-state index in [0.717, 1.165) is 0 Å². The van der Waals surface area contributed by atoms with E-state index in [2.05, 4.69) is 5.32 Å². The van der Waals surface area contributed by atoms with E-state index < -0.39 is 9.84 Å². The second-order valence-corrected chi connectivity index (χ2v) is 7.78. The average Bonchev–Trinajstić information content (AvgIpc) is 2.84. The highest BCUT2D eigenvalue weighted by Gasteiger charge is 2.29. The van der Waals surface area contributed by atoms with Crippen LogP contribution in [0.4, 0.5) is 4.79 Å². The number of piperazine rings is 1. The fourth-order valence-electron chi connectivity index (χ4n) is 2.65. The number of hydrogen-bond donors (Lipinski definition) is 1. The van der Waals surface area contributed by atoms with Gasteiger partial charge in [-0.3, -0.25) is 4.79 Å².